The van der Waals surface area contributed by atoms with Crippen LogP contribution in [-0.4, -0.2) is 28.0 Å². The molecule has 7 heteroatoms. The van der Waals surface area contributed by atoms with Crippen molar-refractivity contribution in [3.05, 3.63) is 46.9 Å². The van der Waals surface area contributed by atoms with Crippen LogP contribution in [0.3, 0.4) is 0 Å². The Morgan fingerprint density at radius 1 is 1.24 bits per heavy atom. The minimum absolute atomic E-state index is 0.0834. The van der Waals surface area contributed by atoms with E-state index in [9.17, 15) is 9.59 Å². The Bertz CT molecular complexity index is 910. The molecule has 1 aromatic heterocycles. The number of nitrogens with one attached hydrogen (secondary N) is 2. The summed E-state index contributed by atoms with van der Waals surface area (Å²) in [5.41, 5.74) is 2.90. The Kier molecular flexibility index (Phi) is 6.90. The molecular weight excluding hydrogens is 384 g/mol. The molecule has 1 aromatic carbocycles. The zero-order valence-corrected chi connectivity index (χ0v) is 18.2. The van der Waals surface area contributed by atoms with Gasteiger partial charge in [-0.05, 0) is 43.7 Å². The van der Waals surface area contributed by atoms with Crippen LogP contribution in [0.4, 0.5) is 5.69 Å². The fraction of sp³-hybridized carbons (Fsp3) is 0.455. The third kappa shape index (κ3) is 5.15. The number of anilines is 1. The number of rotatable bonds is 7. The van der Waals surface area contributed by atoms with E-state index in [-0.39, 0.29) is 23.7 Å². The molecule has 0 radical (unpaired) electrons. The average Bonchev–Trinajstić information content (AvgIpc) is 2.64. The third-order valence-electron chi connectivity index (χ3n) is 5.13. The zero-order chi connectivity index (χ0) is 21.0. The van der Waals surface area contributed by atoms with E-state index in [0.29, 0.717) is 22.8 Å². The maximum Gasteiger partial charge on any atom is 0.256 e. The van der Waals surface area contributed by atoms with Gasteiger partial charge in [0.25, 0.3) is 5.91 Å². The van der Waals surface area contributed by atoms with Crippen LogP contribution < -0.4 is 10.6 Å². The normalized spacial score (nSPS) is 13.8. The number of benzene rings is 1. The summed E-state index contributed by atoms with van der Waals surface area (Å²) >= 11 is 1.45. The lowest BCUT2D eigenvalue weighted by Crippen LogP contribution is -2.28. The summed E-state index contributed by atoms with van der Waals surface area (Å²) in [6.07, 6.45) is 4.98. The van der Waals surface area contributed by atoms with E-state index in [1.165, 1.54) is 11.8 Å². The number of hydrogen-bond donors (Lipinski definition) is 2. The van der Waals surface area contributed by atoms with E-state index >= 15 is 0 Å². The zero-order valence-electron chi connectivity index (χ0n) is 17.4. The fourth-order valence-corrected chi connectivity index (χ4v) is 3.81. The van der Waals surface area contributed by atoms with Crippen LogP contribution in [0.1, 0.15) is 66.5 Å². The monoisotopic (exact) mass is 412 g/mol. The van der Waals surface area contributed by atoms with Gasteiger partial charge >= 0.3 is 0 Å². The van der Waals surface area contributed by atoms with Crippen LogP contribution in [0.5, 0.6) is 0 Å². The van der Waals surface area contributed by atoms with Gasteiger partial charge in [-0.25, -0.2) is 9.97 Å². The molecule has 0 unspecified atom stereocenters. The number of carbonyl (C=O) groups excluding carboxylic acids is 2. The maximum absolute atomic E-state index is 12.8. The number of aryl methyl sites for hydroxylation is 1. The summed E-state index contributed by atoms with van der Waals surface area (Å²) in [4.78, 5) is 34.0. The quantitative estimate of drug-likeness (QED) is 0.523. The predicted molar refractivity (Wildman–Crippen MR) is 116 cm³/mol. The molecule has 6 nitrogen and oxygen atoms in total. The summed E-state index contributed by atoms with van der Waals surface area (Å²) in [5, 5.41) is 6.63. The molecular formula is C22H28N4O2S. The Morgan fingerprint density at radius 2 is 2.00 bits per heavy atom. The first kappa shape index (κ1) is 21.3. The number of nitrogens with zero attached hydrogens (tertiary/aromatic N) is 2. The van der Waals surface area contributed by atoms with Crippen LogP contribution in [0.2, 0.25) is 0 Å². The van der Waals surface area contributed by atoms with Crippen molar-refractivity contribution in [2.24, 2.45) is 5.92 Å². The molecule has 0 atom stereocenters. The Balaban J connectivity index is 1.68. The minimum Gasteiger partial charge on any atom is -0.348 e. The van der Waals surface area contributed by atoms with E-state index in [1.807, 2.05) is 51.3 Å². The van der Waals surface area contributed by atoms with Gasteiger partial charge in [0, 0.05) is 24.1 Å². The molecule has 0 aliphatic heterocycles. The van der Waals surface area contributed by atoms with Crippen LogP contribution in [0, 0.1) is 12.8 Å². The number of carbonyl (C=O) groups is 2. The van der Waals surface area contributed by atoms with Gasteiger partial charge in [-0.1, -0.05) is 32.4 Å². The first-order valence-electron chi connectivity index (χ1n) is 9.99. The smallest absolute Gasteiger partial charge is 0.256 e. The lowest BCUT2D eigenvalue weighted by Gasteiger charge is -2.24. The molecule has 2 N–H and O–H groups in total. The van der Waals surface area contributed by atoms with Crippen molar-refractivity contribution < 1.29 is 9.59 Å². The van der Waals surface area contributed by atoms with Crippen molar-refractivity contribution in [2.75, 3.05) is 11.6 Å². The Morgan fingerprint density at radius 3 is 2.62 bits per heavy atom. The summed E-state index contributed by atoms with van der Waals surface area (Å²) in [5.74, 6) is 0.985. The standard InChI is InChI=1S/C22H28N4O2S/c1-13(2)19-24-14(3)18(22(26-19)29-4)21(28)23-12-15-7-5-10-17(11-15)25-20(27)16-8-6-9-16/h5,7,10-11,13,16H,6,8-9,12H2,1-4H3,(H,23,28)(H,25,27). The van der Waals surface area contributed by atoms with Gasteiger partial charge < -0.3 is 10.6 Å². The average molecular weight is 413 g/mol. The van der Waals surface area contributed by atoms with Gasteiger partial charge in [0.2, 0.25) is 5.91 Å². The first-order valence-corrected chi connectivity index (χ1v) is 11.2. The van der Waals surface area contributed by atoms with E-state index in [1.54, 1.807) is 0 Å². The summed E-state index contributed by atoms with van der Waals surface area (Å²) in [7, 11) is 0. The number of amides is 2. The highest BCUT2D eigenvalue weighted by molar-refractivity contribution is 7.98. The highest BCUT2D eigenvalue weighted by Crippen LogP contribution is 2.28. The molecule has 2 aromatic rings. The molecule has 29 heavy (non-hydrogen) atoms. The molecule has 1 aliphatic carbocycles. The predicted octanol–water partition coefficient (Wildman–Crippen LogP) is 4.30. The lowest BCUT2D eigenvalue weighted by atomic mass is 9.85. The van der Waals surface area contributed by atoms with Crippen LogP contribution >= 0.6 is 11.8 Å². The molecule has 0 spiro atoms. The van der Waals surface area contributed by atoms with Gasteiger partial charge in [0.15, 0.2) is 0 Å². The van der Waals surface area contributed by atoms with Gasteiger partial charge in [0.1, 0.15) is 10.9 Å². The van der Waals surface area contributed by atoms with Gasteiger partial charge in [-0.2, -0.15) is 0 Å². The van der Waals surface area contributed by atoms with E-state index in [0.717, 1.165) is 36.3 Å². The molecule has 0 saturated heterocycles. The largest absolute Gasteiger partial charge is 0.348 e. The topological polar surface area (TPSA) is 84.0 Å². The molecule has 2 amide bonds. The van der Waals surface area contributed by atoms with Crippen molar-refractivity contribution in [3.8, 4) is 0 Å². The van der Waals surface area contributed by atoms with Crippen molar-refractivity contribution in [2.45, 2.75) is 57.5 Å². The second kappa shape index (κ2) is 9.39. The number of thioether (sulfide) groups is 1. The molecule has 3 rings (SSSR count). The summed E-state index contributed by atoms with van der Waals surface area (Å²) < 4.78 is 0. The second-order valence-corrected chi connectivity index (χ2v) is 8.50. The molecule has 1 fully saturated rings. The Hall–Kier alpha value is -2.41. The molecule has 1 aliphatic rings. The number of hydrogen-bond acceptors (Lipinski definition) is 5. The highest BCUT2D eigenvalue weighted by Gasteiger charge is 2.25. The van der Waals surface area contributed by atoms with Crippen LogP contribution in [0.15, 0.2) is 29.3 Å². The second-order valence-electron chi connectivity index (χ2n) is 7.71. The van der Waals surface area contributed by atoms with Crippen LogP contribution in [-0.2, 0) is 11.3 Å². The van der Waals surface area contributed by atoms with Crippen molar-refractivity contribution in [1.82, 2.24) is 15.3 Å². The van der Waals surface area contributed by atoms with E-state index < -0.39 is 0 Å². The fourth-order valence-electron chi connectivity index (χ4n) is 3.18. The van der Waals surface area contributed by atoms with Crippen LogP contribution in [0.25, 0.3) is 0 Å². The first-order chi connectivity index (χ1) is 13.9. The molecule has 1 heterocycles. The highest BCUT2D eigenvalue weighted by atomic mass is 32.2. The number of aromatic nitrogens is 2. The minimum atomic E-state index is -0.189. The van der Waals surface area contributed by atoms with E-state index in [2.05, 4.69) is 20.6 Å². The summed E-state index contributed by atoms with van der Waals surface area (Å²) in [6, 6.07) is 7.59. The summed E-state index contributed by atoms with van der Waals surface area (Å²) in [6.45, 7) is 6.29. The molecule has 154 valence electrons. The maximum atomic E-state index is 12.8. The lowest BCUT2D eigenvalue weighted by molar-refractivity contribution is -0.122. The van der Waals surface area contributed by atoms with Gasteiger partial charge in [-0.15, -0.1) is 11.8 Å². The van der Waals surface area contributed by atoms with Gasteiger partial charge in [-0.3, -0.25) is 9.59 Å². The van der Waals surface area contributed by atoms with Gasteiger partial charge in [0.05, 0.1) is 11.3 Å². The SMILES string of the molecule is CSc1nc(C(C)C)nc(C)c1C(=O)NCc1cccc(NC(=O)C2CCC2)c1. The van der Waals surface area contributed by atoms with Crippen molar-refractivity contribution >= 4 is 29.3 Å². The van der Waals surface area contributed by atoms with Crippen molar-refractivity contribution in [1.29, 1.82) is 0 Å². The molecule has 0 bridgehead atoms. The molecule has 1 saturated carbocycles. The Labute approximate surface area is 176 Å². The van der Waals surface area contributed by atoms with E-state index in [4.69, 9.17) is 0 Å². The van der Waals surface area contributed by atoms with Crippen molar-refractivity contribution in [3.63, 3.8) is 0 Å². The third-order valence-corrected chi connectivity index (χ3v) is 5.82.